The lowest BCUT2D eigenvalue weighted by Gasteiger charge is -2.21. The van der Waals surface area contributed by atoms with Crippen molar-refractivity contribution in [2.75, 3.05) is 12.0 Å². The molecule has 3 aromatic rings. The molecule has 0 saturated heterocycles. The Hall–Kier alpha value is -2.66. The Morgan fingerprint density at radius 3 is 2.46 bits per heavy atom. The minimum absolute atomic E-state index is 0.0151. The molecule has 1 heterocycles. The van der Waals surface area contributed by atoms with Crippen LogP contribution in [0.4, 0.5) is 10.8 Å². The molecule has 0 bridgehead atoms. The fourth-order valence-electron chi connectivity index (χ4n) is 2.77. The number of carbonyl (C=O) groups is 1. The van der Waals surface area contributed by atoms with Crippen LogP contribution in [0.15, 0.2) is 48.5 Å². The van der Waals surface area contributed by atoms with Crippen LogP contribution < -0.4 is 9.64 Å². The summed E-state index contributed by atoms with van der Waals surface area (Å²) in [5.41, 5.74) is 3.89. The standard InChI is InChI=1S/C21H22N2O2S/c1-5-19(24)23(17-8-6-7-9-18(17)25-4)21-22-20(15(3)26-21)16-12-10-14(2)11-13-16/h6-13H,5H2,1-4H3. The number of carbonyl (C=O) groups excluding carboxylic acids is 1. The van der Waals surface area contributed by atoms with Gasteiger partial charge in [0.05, 0.1) is 18.5 Å². The van der Waals surface area contributed by atoms with E-state index in [1.165, 1.54) is 16.9 Å². The molecule has 0 atom stereocenters. The average Bonchev–Trinajstić information content (AvgIpc) is 3.04. The molecule has 0 fully saturated rings. The van der Waals surface area contributed by atoms with E-state index >= 15 is 0 Å². The van der Waals surface area contributed by atoms with E-state index in [-0.39, 0.29) is 5.91 Å². The number of rotatable bonds is 5. The van der Waals surface area contributed by atoms with Crippen molar-refractivity contribution in [1.82, 2.24) is 4.98 Å². The molecule has 0 N–H and O–H groups in total. The topological polar surface area (TPSA) is 42.4 Å². The smallest absolute Gasteiger partial charge is 0.233 e. The molecule has 1 aromatic heterocycles. The highest BCUT2D eigenvalue weighted by Crippen LogP contribution is 2.39. The van der Waals surface area contributed by atoms with E-state index < -0.39 is 0 Å². The third-order valence-electron chi connectivity index (χ3n) is 4.18. The van der Waals surface area contributed by atoms with E-state index in [9.17, 15) is 4.79 Å². The number of anilines is 2. The second-order valence-corrected chi connectivity index (χ2v) is 7.20. The maximum atomic E-state index is 12.7. The van der Waals surface area contributed by atoms with Gasteiger partial charge in [-0.2, -0.15) is 0 Å². The molecule has 0 spiro atoms. The van der Waals surface area contributed by atoms with Gasteiger partial charge in [0, 0.05) is 16.9 Å². The first-order chi connectivity index (χ1) is 12.5. The van der Waals surface area contributed by atoms with Crippen molar-refractivity contribution in [3.63, 3.8) is 0 Å². The Morgan fingerprint density at radius 1 is 1.12 bits per heavy atom. The van der Waals surface area contributed by atoms with Crippen molar-refractivity contribution in [1.29, 1.82) is 0 Å². The molecule has 0 unspecified atom stereocenters. The molecular formula is C21H22N2O2S. The second-order valence-electron chi connectivity index (χ2n) is 6.02. The molecule has 0 radical (unpaired) electrons. The van der Waals surface area contributed by atoms with E-state index in [2.05, 4.69) is 31.2 Å². The van der Waals surface area contributed by atoms with Crippen LogP contribution in [0.5, 0.6) is 5.75 Å². The van der Waals surface area contributed by atoms with E-state index in [0.717, 1.165) is 16.1 Å². The van der Waals surface area contributed by atoms with Gasteiger partial charge in [-0.3, -0.25) is 9.69 Å². The quantitative estimate of drug-likeness (QED) is 0.598. The number of benzene rings is 2. The molecule has 5 heteroatoms. The highest BCUT2D eigenvalue weighted by molar-refractivity contribution is 7.16. The van der Waals surface area contributed by atoms with Crippen molar-refractivity contribution >= 4 is 28.1 Å². The van der Waals surface area contributed by atoms with Gasteiger partial charge >= 0.3 is 0 Å². The molecule has 3 rings (SSSR count). The highest BCUT2D eigenvalue weighted by atomic mass is 32.1. The fraction of sp³-hybridized carbons (Fsp3) is 0.238. The van der Waals surface area contributed by atoms with Crippen LogP contribution in [0.2, 0.25) is 0 Å². The molecule has 1 amide bonds. The first-order valence-corrected chi connectivity index (χ1v) is 9.37. The molecule has 0 aliphatic carbocycles. The lowest BCUT2D eigenvalue weighted by molar-refractivity contribution is -0.117. The Kier molecular flexibility index (Phi) is 5.38. The summed E-state index contributed by atoms with van der Waals surface area (Å²) in [6.07, 6.45) is 0.385. The molecule has 134 valence electrons. The van der Waals surface area contributed by atoms with Gasteiger partial charge in [0.1, 0.15) is 5.75 Å². The number of nitrogens with zero attached hydrogens (tertiary/aromatic N) is 2. The Labute approximate surface area is 158 Å². The molecule has 4 nitrogen and oxygen atoms in total. The maximum absolute atomic E-state index is 12.7. The van der Waals surface area contributed by atoms with Crippen molar-refractivity contribution in [2.24, 2.45) is 0 Å². The third-order valence-corrected chi connectivity index (χ3v) is 5.14. The number of hydrogen-bond acceptors (Lipinski definition) is 4. The molecule has 0 aliphatic heterocycles. The van der Waals surface area contributed by atoms with E-state index in [1.54, 1.807) is 12.0 Å². The van der Waals surface area contributed by atoms with Crippen molar-refractivity contribution in [2.45, 2.75) is 27.2 Å². The molecule has 0 aliphatic rings. The number of aryl methyl sites for hydroxylation is 2. The molecule has 0 saturated carbocycles. The number of para-hydroxylation sites is 2. The number of ether oxygens (including phenoxy) is 1. The number of thiazole rings is 1. The number of methoxy groups -OCH3 is 1. The zero-order valence-electron chi connectivity index (χ0n) is 15.4. The van der Waals surface area contributed by atoms with Gasteiger partial charge < -0.3 is 4.74 Å². The van der Waals surface area contributed by atoms with E-state index in [0.29, 0.717) is 23.0 Å². The summed E-state index contributed by atoms with van der Waals surface area (Å²) in [5, 5.41) is 0.662. The predicted molar refractivity (Wildman–Crippen MR) is 107 cm³/mol. The van der Waals surface area contributed by atoms with Gasteiger partial charge in [0.2, 0.25) is 5.91 Å². The van der Waals surface area contributed by atoms with Crippen molar-refractivity contribution in [3.05, 3.63) is 59.0 Å². The first kappa shape index (κ1) is 18.1. The minimum Gasteiger partial charge on any atom is -0.495 e. The Morgan fingerprint density at radius 2 is 1.81 bits per heavy atom. The normalized spacial score (nSPS) is 10.6. The SMILES string of the molecule is CCC(=O)N(c1nc(-c2ccc(C)cc2)c(C)s1)c1ccccc1OC. The number of aromatic nitrogens is 1. The van der Waals surface area contributed by atoms with Crippen LogP contribution in [0.25, 0.3) is 11.3 Å². The summed E-state index contributed by atoms with van der Waals surface area (Å²) in [4.78, 5) is 20.3. The van der Waals surface area contributed by atoms with Crippen LogP contribution in [-0.4, -0.2) is 18.0 Å². The van der Waals surface area contributed by atoms with Gasteiger partial charge in [-0.15, -0.1) is 11.3 Å². The van der Waals surface area contributed by atoms with Crippen molar-refractivity contribution in [3.8, 4) is 17.0 Å². The van der Waals surface area contributed by atoms with Gasteiger partial charge in [-0.25, -0.2) is 4.98 Å². The number of amides is 1. The molecule has 26 heavy (non-hydrogen) atoms. The lowest BCUT2D eigenvalue weighted by atomic mass is 10.1. The van der Waals surface area contributed by atoms with Gasteiger partial charge in [-0.05, 0) is 26.0 Å². The molecule has 2 aromatic carbocycles. The summed E-state index contributed by atoms with van der Waals surface area (Å²) >= 11 is 1.52. The molecular weight excluding hydrogens is 344 g/mol. The maximum Gasteiger partial charge on any atom is 0.233 e. The van der Waals surface area contributed by atoms with Gasteiger partial charge in [-0.1, -0.05) is 48.9 Å². The predicted octanol–water partition coefficient (Wildman–Crippen LogP) is 5.51. The Balaban J connectivity index is 2.10. The van der Waals surface area contributed by atoms with Crippen LogP contribution in [0.3, 0.4) is 0 Å². The summed E-state index contributed by atoms with van der Waals surface area (Å²) in [6, 6.07) is 15.8. The minimum atomic E-state index is -0.0151. The van der Waals surface area contributed by atoms with Gasteiger partial charge in [0.25, 0.3) is 0 Å². The Bertz CT molecular complexity index is 916. The summed E-state index contributed by atoms with van der Waals surface area (Å²) in [5.74, 6) is 0.637. The van der Waals surface area contributed by atoms with Crippen molar-refractivity contribution < 1.29 is 9.53 Å². The van der Waals surface area contributed by atoms with E-state index in [4.69, 9.17) is 9.72 Å². The zero-order chi connectivity index (χ0) is 18.7. The monoisotopic (exact) mass is 366 g/mol. The van der Waals surface area contributed by atoms with Crippen LogP contribution >= 0.6 is 11.3 Å². The summed E-state index contributed by atoms with van der Waals surface area (Å²) in [6.45, 7) is 5.95. The second kappa shape index (κ2) is 7.70. The largest absolute Gasteiger partial charge is 0.495 e. The van der Waals surface area contributed by atoms with E-state index in [1.807, 2.05) is 38.1 Å². The van der Waals surface area contributed by atoms with Crippen LogP contribution in [-0.2, 0) is 4.79 Å². The average molecular weight is 366 g/mol. The van der Waals surface area contributed by atoms with Crippen LogP contribution in [0.1, 0.15) is 23.8 Å². The zero-order valence-corrected chi connectivity index (χ0v) is 16.3. The van der Waals surface area contributed by atoms with Crippen LogP contribution in [0, 0.1) is 13.8 Å². The summed E-state index contributed by atoms with van der Waals surface area (Å²) < 4.78 is 5.46. The summed E-state index contributed by atoms with van der Waals surface area (Å²) in [7, 11) is 1.61. The van der Waals surface area contributed by atoms with Gasteiger partial charge in [0.15, 0.2) is 5.13 Å². The highest BCUT2D eigenvalue weighted by Gasteiger charge is 2.24. The fourth-order valence-corrected chi connectivity index (χ4v) is 3.74. The first-order valence-electron chi connectivity index (χ1n) is 8.55. The number of hydrogen-bond donors (Lipinski definition) is 0. The third kappa shape index (κ3) is 3.48. The lowest BCUT2D eigenvalue weighted by Crippen LogP contribution is -2.25.